The lowest BCUT2D eigenvalue weighted by molar-refractivity contribution is 0.0744. The van der Waals surface area contributed by atoms with Crippen LogP contribution in [0.1, 0.15) is 20.9 Å². The van der Waals surface area contributed by atoms with Gasteiger partial charge in [0.15, 0.2) is 4.96 Å². The number of nitrogens with zero attached hydrogens (tertiary/aromatic N) is 4. The number of carbonyl (C=O) groups is 1. The molecule has 1 amide bonds. The maximum absolute atomic E-state index is 12.9. The van der Waals surface area contributed by atoms with Gasteiger partial charge in [0.2, 0.25) is 0 Å². The number of fused-ring (bicyclic) bond motifs is 1. The topological polar surface area (TPSA) is 67.2 Å². The summed E-state index contributed by atoms with van der Waals surface area (Å²) in [4.78, 5) is 35.8. The number of rotatable bonds is 3. The van der Waals surface area contributed by atoms with E-state index in [0.717, 1.165) is 22.0 Å². The molecule has 0 spiro atoms. The van der Waals surface area contributed by atoms with Gasteiger partial charge in [-0.15, -0.1) is 11.3 Å². The largest absolute Gasteiger partial charge is 0.497 e. The Bertz CT molecular complexity index is 1080. The minimum atomic E-state index is -0.283. The van der Waals surface area contributed by atoms with Crippen LogP contribution in [0.25, 0.3) is 4.96 Å². The van der Waals surface area contributed by atoms with Crippen LogP contribution >= 0.6 is 11.3 Å². The molecule has 146 valence electrons. The van der Waals surface area contributed by atoms with Gasteiger partial charge in [-0.25, -0.2) is 4.98 Å². The van der Waals surface area contributed by atoms with Crippen LogP contribution in [0.15, 0.2) is 35.3 Å². The fraction of sp³-hybridized carbons (Fsp3) is 0.350. The minimum absolute atomic E-state index is 0.135. The van der Waals surface area contributed by atoms with Crippen LogP contribution in [0.2, 0.25) is 0 Å². The Hall–Kier alpha value is -2.87. The third-order valence-electron chi connectivity index (χ3n) is 5.25. The molecule has 1 aliphatic heterocycles. The zero-order valence-electron chi connectivity index (χ0n) is 16.1. The summed E-state index contributed by atoms with van der Waals surface area (Å²) in [7, 11) is 1.65. The summed E-state index contributed by atoms with van der Waals surface area (Å²) in [5, 5.41) is 0. The predicted octanol–water partition coefficient (Wildman–Crippen LogP) is 2.34. The zero-order chi connectivity index (χ0) is 19.8. The predicted molar refractivity (Wildman–Crippen MR) is 110 cm³/mol. The molecule has 0 aliphatic carbocycles. The van der Waals surface area contributed by atoms with E-state index in [9.17, 15) is 9.59 Å². The van der Waals surface area contributed by atoms with Crippen molar-refractivity contribution in [2.45, 2.75) is 13.8 Å². The number of benzene rings is 1. The minimum Gasteiger partial charge on any atom is -0.497 e. The van der Waals surface area contributed by atoms with Crippen LogP contribution in [0, 0.1) is 13.8 Å². The third-order valence-corrected chi connectivity index (χ3v) is 6.33. The van der Waals surface area contributed by atoms with Crippen molar-refractivity contribution in [2.24, 2.45) is 0 Å². The summed E-state index contributed by atoms with van der Waals surface area (Å²) in [6, 6.07) is 7.89. The van der Waals surface area contributed by atoms with Crippen molar-refractivity contribution in [1.29, 1.82) is 0 Å². The van der Waals surface area contributed by atoms with Gasteiger partial charge < -0.3 is 14.5 Å². The summed E-state index contributed by atoms with van der Waals surface area (Å²) in [6.07, 6.45) is 1.42. The molecule has 0 unspecified atom stereocenters. The smallest absolute Gasteiger partial charge is 0.271 e. The second-order valence-corrected chi connectivity index (χ2v) is 8.00. The van der Waals surface area contributed by atoms with Crippen molar-refractivity contribution in [3.05, 3.63) is 57.0 Å². The van der Waals surface area contributed by atoms with Crippen LogP contribution in [0.5, 0.6) is 5.75 Å². The van der Waals surface area contributed by atoms with Crippen LogP contribution in [0.4, 0.5) is 5.69 Å². The van der Waals surface area contributed by atoms with Crippen molar-refractivity contribution in [1.82, 2.24) is 14.3 Å². The molecular formula is C20H22N4O3S. The van der Waals surface area contributed by atoms with E-state index in [4.69, 9.17) is 4.74 Å². The highest BCUT2D eigenvalue weighted by Gasteiger charge is 2.25. The highest BCUT2D eigenvalue weighted by molar-refractivity contribution is 7.17. The van der Waals surface area contributed by atoms with Crippen LogP contribution in [0.3, 0.4) is 0 Å². The van der Waals surface area contributed by atoms with E-state index in [2.05, 4.69) is 9.88 Å². The Kier molecular flexibility index (Phi) is 4.80. The molecule has 3 heterocycles. The number of aromatic nitrogens is 2. The van der Waals surface area contributed by atoms with Crippen molar-refractivity contribution in [2.75, 3.05) is 38.2 Å². The number of amides is 1. The van der Waals surface area contributed by atoms with E-state index >= 15 is 0 Å². The van der Waals surface area contributed by atoms with Crippen molar-refractivity contribution >= 4 is 27.9 Å². The first-order valence-corrected chi connectivity index (χ1v) is 9.97. The third kappa shape index (κ3) is 3.13. The number of ether oxygens (including phenoxy) is 1. The van der Waals surface area contributed by atoms with Gasteiger partial charge in [-0.1, -0.05) is 0 Å². The van der Waals surface area contributed by atoms with E-state index in [1.54, 1.807) is 16.4 Å². The summed E-state index contributed by atoms with van der Waals surface area (Å²) in [6.45, 7) is 6.39. The van der Waals surface area contributed by atoms with Gasteiger partial charge in [-0.05, 0) is 38.1 Å². The van der Waals surface area contributed by atoms with E-state index in [1.807, 2.05) is 38.1 Å². The van der Waals surface area contributed by atoms with Crippen LogP contribution in [-0.2, 0) is 0 Å². The average molecular weight is 398 g/mol. The maximum atomic E-state index is 12.9. The molecule has 1 fully saturated rings. The standard InChI is InChI=1S/C20H22N4O3S/c1-13-14(2)28-20-21-12-17(19(26)24(13)20)18(25)23-10-8-22(9-11-23)15-4-6-16(27-3)7-5-15/h4-7,12H,8-11H2,1-3H3. The van der Waals surface area contributed by atoms with Gasteiger partial charge in [-0.3, -0.25) is 14.0 Å². The van der Waals surface area contributed by atoms with Crippen molar-refractivity contribution in [3.63, 3.8) is 0 Å². The normalized spacial score (nSPS) is 14.5. The summed E-state index contributed by atoms with van der Waals surface area (Å²) >= 11 is 1.46. The zero-order valence-corrected chi connectivity index (χ0v) is 17.0. The number of hydrogen-bond acceptors (Lipinski definition) is 6. The number of anilines is 1. The number of piperazine rings is 1. The molecular weight excluding hydrogens is 376 g/mol. The summed E-state index contributed by atoms with van der Waals surface area (Å²) in [5.74, 6) is 0.574. The molecule has 1 aromatic carbocycles. The number of methoxy groups -OCH3 is 1. The monoisotopic (exact) mass is 398 g/mol. The Labute approximate surface area is 166 Å². The fourth-order valence-corrected chi connectivity index (χ4v) is 4.38. The Morgan fingerprint density at radius 2 is 1.79 bits per heavy atom. The molecule has 0 saturated carbocycles. The van der Waals surface area contributed by atoms with Gasteiger partial charge >= 0.3 is 0 Å². The van der Waals surface area contributed by atoms with E-state index in [-0.39, 0.29) is 17.0 Å². The first-order chi connectivity index (χ1) is 13.5. The van der Waals surface area contributed by atoms with Gasteiger partial charge in [0.25, 0.3) is 11.5 Å². The average Bonchev–Trinajstić information content (AvgIpc) is 3.02. The van der Waals surface area contributed by atoms with Gasteiger partial charge in [0.1, 0.15) is 11.3 Å². The quantitative estimate of drug-likeness (QED) is 0.678. The molecule has 0 bridgehead atoms. The number of thiazole rings is 1. The Morgan fingerprint density at radius 3 is 2.43 bits per heavy atom. The van der Waals surface area contributed by atoms with E-state index in [0.29, 0.717) is 31.1 Å². The molecule has 8 heteroatoms. The second-order valence-electron chi connectivity index (χ2n) is 6.82. The highest BCUT2D eigenvalue weighted by Crippen LogP contribution is 2.21. The van der Waals surface area contributed by atoms with Crippen LogP contribution < -0.4 is 15.2 Å². The number of carbonyl (C=O) groups excluding carboxylic acids is 1. The number of aryl methyl sites for hydroxylation is 2. The molecule has 0 atom stereocenters. The molecule has 0 N–H and O–H groups in total. The highest BCUT2D eigenvalue weighted by atomic mass is 32.1. The Balaban J connectivity index is 1.51. The molecule has 28 heavy (non-hydrogen) atoms. The molecule has 4 rings (SSSR count). The fourth-order valence-electron chi connectivity index (χ4n) is 3.45. The molecule has 7 nitrogen and oxygen atoms in total. The first-order valence-electron chi connectivity index (χ1n) is 9.15. The summed E-state index contributed by atoms with van der Waals surface area (Å²) in [5.41, 5.74) is 1.79. The molecule has 0 radical (unpaired) electrons. The molecule has 1 aliphatic rings. The lowest BCUT2D eigenvalue weighted by Crippen LogP contribution is -2.49. The molecule has 3 aromatic rings. The first kappa shape index (κ1) is 18.5. The number of hydrogen-bond donors (Lipinski definition) is 0. The van der Waals surface area contributed by atoms with Crippen LogP contribution in [-0.4, -0.2) is 53.5 Å². The van der Waals surface area contributed by atoms with Crippen molar-refractivity contribution in [3.8, 4) is 5.75 Å². The lowest BCUT2D eigenvalue weighted by atomic mass is 10.2. The summed E-state index contributed by atoms with van der Waals surface area (Å²) < 4.78 is 6.74. The maximum Gasteiger partial charge on any atom is 0.271 e. The van der Waals surface area contributed by atoms with Gasteiger partial charge in [0, 0.05) is 48.6 Å². The second kappa shape index (κ2) is 7.27. The molecule has 2 aromatic heterocycles. The Morgan fingerprint density at radius 1 is 1.11 bits per heavy atom. The van der Waals surface area contributed by atoms with Gasteiger partial charge in [-0.2, -0.15) is 0 Å². The van der Waals surface area contributed by atoms with Crippen molar-refractivity contribution < 1.29 is 9.53 Å². The SMILES string of the molecule is COc1ccc(N2CCN(C(=O)c3cnc4sc(C)c(C)n4c3=O)CC2)cc1. The van der Waals surface area contributed by atoms with E-state index in [1.165, 1.54) is 17.5 Å². The van der Waals surface area contributed by atoms with Gasteiger partial charge in [0.05, 0.1) is 7.11 Å². The molecule has 1 saturated heterocycles. The lowest BCUT2D eigenvalue weighted by Gasteiger charge is -2.36. The van der Waals surface area contributed by atoms with E-state index < -0.39 is 0 Å².